The number of hydrogen-bond donors (Lipinski definition) is 0. The van der Waals surface area contributed by atoms with Crippen molar-refractivity contribution in [3.8, 4) is 0 Å². The highest BCUT2D eigenvalue weighted by Crippen LogP contribution is 2.38. The van der Waals surface area contributed by atoms with Crippen LogP contribution >= 0.6 is 0 Å². The average Bonchev–Trinajstić information content (AvgIpc) is 2.47. The minimum absolute atomic E-state index is 0.871. The molecule has 126 valence electrons. The quantitative estimate of drug-likeness (QED) is 0.366. The topological polar surface area (TPSA) is 0 Å². The fourth-order valence-corrected chi connectivity index (χ4v) is 4.19. The molecule has 1 aliphatic rings. The van der Waals surface area contributed by atoms with E-state index in [0.29, 0.717) is 0 Å². The SMILES string of the molecule is CCCCCC(C)CCCC1CCC(C(C)C(C)C)CC1. The molecule has 1 fully saturated rings. The zero-order valence-electron chi connectivity index (χ0n) is 15.7. The van der Waals surface area contributed by atoms with E-state index in [1.54, 1.807) is 0 Å². The van der Waals surface area contributed by atoms with E-state index in [4.69, 9.17) is 0 Å². The maximum Gasteiger partial charge on any atom is -0.0386 e. The number of rotatable bonds is 10. The summed E-state index contributed by atoms with van der Waals surface area (Å²) in [4.78, 5) is 0. The van der Waals surface area contributed by atoms with Crippen LogP contribution in [0.2, 0.25) is 0 Å². The van der Waals surface area contributed by atoms with Crippen molar-refractivity contribution in [3.05, 3.63) is 0 Å². The van der Waals surface area contributed by atoms with Gasteiger partial charge in [0.15, 0.2) is 0 Å². The number of unbranched alkanes of at least 4 members (excludes halogenated alkanes) is 2. The lowest BCUT2D eigenvalue weighted by molar-refractivity contribution is 0.172. The molecule has 1 saturated carbocycles. The second-order valence-electron chi connectivity index (χ2n) is 8.42. The third kappa shape index (κ3) is 7.71. The van der Waals surface area contributed by atoms with Crippen LogP contribution in [-0.2, 0) is 0 Å². The van der Waals surface area contributed by atoms with Crippen molar-refractivity contribution in [1.29, 1.82) is 0 Å². The Labute approximate surface area is 135 Å². The van der Waals surface area contributed by atoms with Crippen LogP contribution in [0.1, 0.15) is 105 Å². The van der Waals surface area contributed by atoms with E-state index in [2.05, 4.69) is 34.6 Å². The van der Waals surface area contributed by atoms with E-state index >= 15 is 0 Å². The van der Waals surface area contributed by atoms with Gasteiger partial charge in [0.05, 0.1) is 0 Å². The summed E-state index contributed by atoms with van der Waals surface area (Å²) in [6.45, 7) is 12.1. The average molecular weight is 295 g/mol. The molecule has 0 saturated heterocycles. The maximum absolute atomic E-state index is 2.48. The van der Waals surface area contributed by atoms with Crippen LogP contribution in [0.15, 0.2) is 0 Å². The molecule has 0 aliphatic heterocycles. The molecular weight excluding hydrogens is 252 g/mol. The van der Waals surface area contributed by atoms with Crippen molar-refractivity contribution in [1.82, 2.24) is 0 Å². The van der Waals surface area contributed by atoms with Gasteiger partial charge >= 0.3 is 0 Å². The summed E-state index contributed by atoms with van der Waals surface area (Å²) in [5, 5.41) is 0. The minimum Gasteiger partial charge on any atom is -0.0654 e. The lowest BCUT2D eigenvalue weighted by atomic mass is 9.72. The zero-order valence-corrected chi connectivity index (χ0v) is 15.7. The Morgan fingerprint density at radius 2 is 1.43 bits per heavy atom. The third-order valence-electron chi connectivity index (χ3n) is 6.30. The Bertz CT molecular complexity index is 234. The summed E-state index contributed by atoms with van der Waals surface area (Å²) in [6, 6.07) is 0. The predicted molar refractivity (Wildman–Crippen MR) is 96.6 cm³/mol. The Kier molecular flexibility index (Phi) is 9.69. The van der Waals surface area contributed by atoms with E-state index in [0.717, 1.165) is 29.6 Å². The van der Waals surface area contributed by atoms with Crippen molar-refractivity contribution in [2.75, 3.05) is 0 Å². The first-order valence-electron chi connectivity index (χ1n) is 10.0. The van der Waals surface area contributed by atoms with Crippen LogP contribution < -0.4 is 0 Å². The monoisotopic (exact) mass is 294 g/mol. The van der Waals surface area contributed by atoms with Gasteiger partial charge in [-0.1, -0.05) is 92.4 Å². The normalized spacial score (nSPS) is 26.0. The molecule has 2 unspecified atom stereocenters. The highest BCUT2D eigenvalue weighted by molar-refractivity contribution is 4.77. The van der Waals surface area contributed by atoms with Gasteiger partial charge in [-0.3, -0.25) is 0 Å². The number of hydrogen-bond acceptors (Lipinski definition) is 0. The van der Waals surface area contributed by atoms with Gasteiger partial charge in [0, 0.05) is 0 Å². The molecule has 0 nitrogen and oxygen atoms in total. The van der Waals surface area contributed by atoms with Gasteiger partial charge in [-0.2, -0.15) is 0 Å². The third-order valence-corrected chi connectivity index (χ3v) is 6.30. The molecular formula is C21H42. The Morgan fingerprint density at radius 1 is 0.810 bits per heavy atom. The molecule has 0 bridgehead atoms. The van der Waals surface area contributed by atoms with Gasteiger partial charge in [-0.05, 0) is 42.4 Å². The molecule has 1 rings (SSSR count). The van der Waals surface area contributed by atoms with Gasteiger partial charge < -0.3 is 0 Å². The van der Waals surface area contributed by atoms with Gasteiger partial charge in [0.1, 0.15) is 0 Å². The second-order valence-corrected chi connectivity index (χ2v) is 8.42. The van der Waals surface area contributed by atoms with E-state index in [1.165, 1.54) is 70.6 Å². The molecule has 0 aromatic carbocycles. The van der Waals surface area contributed by atoms with Crippen molar-refractivity contribution < 1.29 is 0 Å². The van der Waals surface area contributed by atoms with Crippen molar-refractivity contribution in [3.63, 3.8) is 0 Å². The standard InChI is InChI=1S/C21H42/c1-6-7-8-10-18(4)11-9-12-20-13-15-21(16-14-20)19(5)17(2)3/h17-21H,6-16H2,1-5H3. The van der Waals surface area contributed by atoms with Gasteiger partial charge in [0.2, 0.25) is 0 Å². The maximum atomic E-state index is 2.48. The van der Waals surface area contributed by atoms with Gasteiger partial charge in [-0.25, -0.2) is 0 Å². The minimum atomic E-state index is 0.871. The highest BCUT2D eigenvalue weighted by atomic mass is 14.3. The fourth-order valence-electron chi connectivity index (χ4n) is 4.19. The highest BCUT2D eigenvalue weighted by Gasteiger charge is 2.26. The van der Waals surface area contributed by atoms with Crippen LogP contribution in [0.5, 0.6) is 0 Å². The molecule has 0 aromatic rings. The molecule has 0 radical (unpaired) electrons. The van der Waals surface area contributed by atoms with Crippen LogP contribution in [0.25, 0.3) is 0 Å². The van der Waals surface area contributed by atoms with Crippen LogP contribution in [-0.4, -0.2) is 0 Å². The van der Waals surface area contributed by atoms with Gasteiger partial charge in [0.25, 0.3) is 0 Å². The molecule has 21 heavy (non-hydrogen) atoms. The van der Waals surface area contributed by atoms with Gasteiger partial charge in [-0.15, -0.1) is 0 Å². The summed E-state index contributed by atoms with van der Waals surface area (Å²) in [7, 11) is 0. The predicted octanol–water partition coefficient (Wildman–Crippen LogP) is 7.47. The molecule has 0 heterocycles. The molecule has 0 heteroatoms. The molecule has 2 atom stereocenters. The first kappa shape index (κ1) is 19.0. The molecule has 0 aromatic heterocycles. The van der Waals surface area contributed by atoms with Crippen LogP contribution in [0.4, 0.5) is 0 Å². The Balaban J connectivity index is 2.08. The molecule has 0 spiro atoms. The first-order valence-corrected chi connectivity index (χ1v) is 10.0. The molecule has 1 aliphatic carbocycles. The van der Waals surface area contributed by atoms with Crippen LogP contribution in [0, 0.1) is 29.6 Å². The van der Waals surface area contributed by atoms with Crippen molar-refractivity contribution in [2.24, 2.45) is 29.6 Å². The second kappa shape index (κ2) is 10.7. The summed E-state index contributed by atoms with van der Waals surface area (Å²) in [5.41, 5.74) is 0. The lowest BCUT2D eigenvalue weighted by Gasteiger charge is -2.34. The Morgan fingerprint density at radius 3 is 2.00 bits per heavy atom. The summed E-state index contributed by atoms with van der Waals surface area (Å²) < 4.78 is 0. The Hall–Kier alpha value is 0. The van der Waals surface area contributed by atoms with Crippen LogP contribution in [0.3, 0.4) is 0 Å². The smallest absolute Gasteiger partial charge is 0.0386 e. The zero-order chi connectivity index (χ0) is 15.7. The summed E-state index contributed by atoms with van der Waals surface area (Å²) in [5.74, 6) is 4.85. The van der Waals surface area contributed by atoms with E-state index < -0.39 is 0 Å². The molecule has 0 amide bonds. The summed E-state index contributed by atoms with van der Waals surface area (Å²) in [6.07, 6.45) is 16.3. The van der Waals surface area contributed by atoms with E-state index in [-0.39, 0.29) is 0 Å². The fraction of sp³-hybridized carbons (Fsp3) is 1.00. The van der Waals surface area contributed by atoms with E-state index in [1.807, 2.05) is 0 Å². The molecule has 0 N–H and O–H groups in total. The van der Waals surface area contributed by atoms with E-state index in [9.17, 15) is 0 Å². The first-order chi connectivity index (χ1) is 10.0. The van der Waals surface area contributed by atoms with Crippen molar-refractivity contribution in [2.45, 2.75) is 105 Å². The lowest BCUT2D eigenvalue weighted by Crippen LogP contribution is -2.23. The largest absolute Gasteiger partial charge is 0.0654 e. The van der Waals surface area contributed by atoms with Crippen molar-refractivity contribution >= 4 is 0 Å². The summed E-state index contributed by atoms with van der Waals surface area (Å²) >= 11 is 0.